The van der Waals surface area contributed by atoms with E-state index in [4.69, 9.17) is 15.5 Å². The van der Waals surface area contributed by atoms with Gasteiger partial charge >= 0.3 is 0 Å². The number of ether oxygens (including phenoxy) is 1. The largest absolute Gasteiger partial charge is 0.496 e. The number of likely N-dealkylation sites (tertiary alicyclic amines) is 2. The molecule has 156 valence electrons. The van der Waals surface area contributed by atoms with Gasteiger partial charge in [-0.15, -0.1) is 0 Å². The number of nitrogens with two attached hydrogens (primary N) is 1. The van der Waals surface area contributed by atoms with E-state index in [0.29, 0.717) is 18.5 Å². The highest BCUT2D eigenvalue weighted by molar-refractivity contribution is 5.77. The van der Waals surface area contributed by atoms with Gasteiger partial charge < -0.3 is 15.8 Å². The van der Waals surface area contributed by atoms with Crippen LogP contribution in [0.25, 0.3) is 0 Å². The van der Waals surface area contributed by atoms with Gasteiger partial charge in [-0.25, -0.2) is 0 Å². The lowest BCUT2D eigenvalue weighted by Crippen LogP contribution is -2.43. The molecule has 3 N–H and O–H groups in total. The summed E-state index contributed by atoms with van der Waals surface area (Å²) in [5, 5.41) is 3.36. The molecule has 2 unspecified atom stereocenters. The fourth-order valence-corrected chi connectivity index (χ4v) is 4.59. The van der Waals surface area contributed by atoms with Crippen LogP contribution < -0.4 is 15.8 Å². The number of guanidine groups is 1. The minimum atomic E-state index is 0.204. The summed E-state index contributed by atoms with van der Waals surface area (Å²) < 4.78 is 5.64. The quantitative estimate of drug-likeness (QED) is 0.530. The van der Waals surface area contributed by atoms with Crippen molar-refractivity contribution >= 4 is 5.96 Å². The number of para-hydroxylation sites is 1. The third-order valence-electron chi connectivity index (χ3n) is 6.19. The van der Waals surface area contributed by atoms with Crippen molar-refractivity contribution in [3.8, 4) is 5.75 Å². The van der Waals surface area contributed by atoms with Gasteiger partial charge in [0.05, 0.1) is 19.7 Å². The van der Waals surface area contributed by atoms with Crippen LogP contribution in [0.3, 0.4) is 0 Å². The van der Waals surface area contributed by atoms with E-state index >= 15 is 0 Å². The fourth-order valence-electron chi connectivity index (χ4n) is 4.59. The number of benzene rings is 1. The Labute approximate surface area is 170 Å². The first-order valence-electron chi connectivity index (χ1n) is 10.9. The first-order chi connectivity index (χ1) is 13.7. The number of aliphatic imine (C=N–C) groups is 1. The molecule has 0 radical (unpaired) electrons. The van der Waals surface area contributed by atoms with Gasteiger partial charge in [0.15, 0.2) is 5.96 Å². The standard InChI is InChI=1S/C22H37N5O/c1-3-26-15-9-10-18(26)16-24-22(23)25-17-20(27-13-7-4-8-14-27)19-11-5-6-12-21(19)28-2/h5-6,11-12,18,20H,3-4,7-10,13-17H2,1-2H3,(H3,23,24,25). The molecule has 1 aromatic rings. The van der Waals surface area contributed by atoms with Crippen LogP contribution in [0.4, 0.5) is 0 Å². The molecule has 2 saturated heterocycles. The van der Waals surface area contributed by atoms with Gasteiger partial charge in [0.25, 0.3) is 0 Å². The van der Waals surface area contributed by atoms with Crippen molar-refractivity contribution < 1.29 is 4.74 Å². The normalized spacial score (nSPS) is 22.9. The third kappa shape index (κ3) is 5.39. The van der Waals surface area contributed by atoms with Crippen LogP contribution in [-0.2, 0) is 0 Å². The molecular formula is C22H37N5O. The van der Waals surface area contributed by atoms with Crippen molar-refractivity contribution in [2.24, 2.45) is 10.7 Å². The summed E-state index contributed by atoms with van der Waals surface area (Å²) in [6.07, 6.45) is 6.33. The number of likely N-dealkylation sites (N-methyl/N-ethyl adjacent to an activating group) is 1. The second kappa shape index (κ2) is 10.7. The summed E-state index contributed by atoms with van der Waals surface area (Å²) in [6, 6.07) is 9.09. The Morgan fingerprint density at radius 3 is 2.75 bits per heavy atom. The van der Waals surface area contributed by atoms with Crippen LogP contribution in [0.5, 0.6) is 5.75 Å². The fraction of sp³-hybridized carbons (Fsp3) is 0.682. The zero-order valence-electron chi connectivity index (χ0n) is 17.6. The van der Waals surface area contributed by atoms with Crippen molar-refractivity contribution in [2.75, 3.05) is 46.4 Å². The van der Waals surface area contributed by atoms with E-state index in [1.54, 1.807) is 7.11 Å². The first-order valence-corrected chi connectivity index (χ1v) is 10.9. The Morgan fingerprint density at radius 2 is 2.00 bits per heavy atom. The molecule has 1 aromatic carbocycles. The molecule has 6 nitrogen and oxygen atoms in total. The van der Waals surface area contributed by atoms with Crippen LogP contribution in [-0.4, -0.2) is 68.2 Å². The van der Waals surface area contributed by atoms with E-state index in [2.05, 4.69) is 34.2 Å². The van der Waals surface area contributed by atoms with Crippen molar-refractivity contribution in [1.29, 1.82) is 0 Å². The van der Waals surface area contributed by atoms with E-state index < -0.39 is 0 Å². The van der Waals surface area contributed by atoms with Crippen LogP contribution in [0.15, 0.2) is 29.3 Å². The summed E-state index contributed by atoms with van der Waals surface area (Å²) in [7, 11) is 1.74. The molecule has 2 heterocycles. The summed E-state index contributed by atoms with van der Waals surface area (Å²) in [4.78, 5) is 9.79. The number of hydrogen-bond acceptors (Lipinski definition) is 4. The molecule has 28 heavy (non-hydrogen) atoms. The average molecular weight is 388 g/mol. The topological polar surface area (TPSA) is 66.1 Å². The van der Waals surface area contributed by atoms with Crippen molar-refractivity contribution in [2.45, 2.75) is 51.1 Å². The van der Waals surface area contributed by atoms with Crippen LogP contribution in [0.2, 0.25) is 0 Å². The molecule has 2 fully saturated rings. The molecule has 6 heteroatoms. The maximum Gasteiger partial charge on any atom is 0.188 e. The summed E-state index contributed by atoms with van der Waals surface area (Å²) in [5.74, 6) is 1.49. The average Bonchev–Trinajstić information content (AvgIpc) is 3.21. The minimum Gasteiger partial charge on any atom is -0.496 e. The highest BCUT2D eigenvalue weighted by atomic mass is 16.5. The Balaban J connectivity index is 1.65. The van der Waals surface area contributed by atoms with Gasteiger partial charge in [-0.1, -0.05) is 31.5 Å². The molecule has 2 aliphatic rings. The molecule has 2 atom stereocenters. The van der Waals surface area contributed by atoms with Gasteiger partial charge in [0.2, 0.25) is 0 Å². The molecule has 2 aliphatic heterocycles. The van der Waals surface area contributed by atoms with Gasteiger partial charge in [-0.2, -0.15) is 0 Å². The highest BCUT2D eigenvalue weighted by Crippen LogP contribution is 2.31. The SMILES string of the molecule is CCN1CCCC1CNC(N)=NCC(c1ccccc1OC)N1CCCCC1. The maximum atomic E-state index is 6.24. The zero-order valence-corrected chi connectivity index (χ0v) is 17.6. The highest BCUT2D eigenvalue weighted by Gasteiger charge is 2.25. The predicted molar refractivity (Wildman–Crippen MR) is 116 cm³/mol. The monoisotopic (exact) mass is 387 g/mol. The number of nitrogens with one attached hydrogen (secondary N) is 1. The first kappa shape index (κ1) is 20.9. The number of rotatable bonds is 8. The molecule has 0 aliphatic carbocycles. The van der Waals surface area contributed by atoms with Crippen LogP contribution in [0.1, 0.15) is 50.6 Å². The number of piperidine rings is 1. The van der Waals surface area contributed by atoms with Crippen molar-refractivity contribution in [3.05, 3.63) is 29.8 Å². The number of hydrogen-bond donors (Lipinski definition) is 2. The van der Waals surface area contributed by atoms with Gasteiger partial charge in [0.1, 0.15) is 5.75 Å². The van der Waals surface area contributed by atoms with Gasteiger partial charge in [-0.3, -0.25) is 14.8 Å². The molecule has 0 bridgehead atoms. The van der Waals surface area contributed by atoms with Gasteiger partial charge in [0, 0.05) is 18.2 Å². The predicted octanol–water partition coefficient (Wildman–Crippen LogP) is 2.61. The number of nitrogens with zero attached hydrogens (tertiary/aromatic N) is 3. The van der Waals surface area contributed by atoms with Crippen molar-refractivity contribution in [1.82, 2.24) is 15.1 Å². The van der Waals surface area contributed by atoms with Crippen LogP contribution >= 0.6 is 0 Å². The minimum absolute atomic E-state index is 0.204. The smallest absolute Gasteiger partial charge is 0.188 e. The maximum absolute atomic E-state index is 6.24. The lowest BCUT2D eigenvalue weighted by molar-refractivity contribution is 0.165. The second-order valence-electron chi connectivity index (χ2n) is 7.89. The van der Waals surface area contributed by atoms with Crippen LogP contribution in [0, 0.1) is 0 Å². The Hall–Kier alpha value is -1.79. The zero-order chi connectivity index (χ0) is 19.8. The molecule has 0 aromatic heterocycles. The van der Waals surface area contributed by atoms with Crippen molar-refractivity contribution in [3.63, 3.8) is 0 Å². The van der Waals surface area contributed by atoms with Gasteiger partial charge in [-0.05, 0) is 57.9 Å². The molecule has 0 amide bonds. The lowest BCUT2D eigenvalue weighted by atomic mass is 10.0. The molecule has 3 rings (SSSR count). The van der Waals surface area contributed by atoms with E-state index in [0.717, 1.165) is 31.9 Å². The summed E-state index contributed by atoms with van der Waals surface area (Å²) in [5.41, 5.74) is 7.44. The Kier molecular flexibility index (Phi) is 7.98. The second-order valence-corrected chi connectivity index (χ2v) is 7.89. The third-order valence-corrected chi connectivity index (χ3v) is 6.19. The molecular weight excluding hydrogens is 350 g/mol. The number of methoxy groups -OCH3 is 1. The Morgan fingerprint density at radius 1 is 1.21 bits per heavy atom. The summed E-state index contributed by atoms with van der Waals surface area (Å²) >= 11 is 0. The van der Waals surface area contributed by atoms with E-state index in [1.165, 1.54) is 44.2 Å². The van der Waals surface area contributed by atoms with E-state index in [-0.39, 0.29) is 6.04 Å². The van der Waals surface area contributed by atoms with E-state index in [9.17, 15) is 0 Å². The lowest BCUT2D eigenvalue weighted by Gasteiger charge is -2.34. The molecule has 0 saturated carbocycles. The Bertz CT molecular complexity index is 629. The molecule has 0 spiro atoms. The van der Waals surface area contributed by atoms with E-state index in [1.807, 2.05) is 12.1 Å². The summed E-state index contributed by atoms with van der Waals surface area (Å²) in [6.45, 7) is 8.29.